The summed E-state index contributed by atoms with van der Waals surface area (Å²) in [7, 11) is 0. The minimum Gasteiger partial charge on any atom is -0.383 e. The first-order valence-corrected chi connectivity index (χ1v) is 7.38. The molecular formula is C15H19BrFN3. The van der Waals surface area contributed by atoms with Crippen molar-refractivity contribution in [2.45, 2.75) is 39.7 Å². The first kappa shape index (κ1) is 15.0. The number of nitrogen functional groups attached to an aromatic ring is 1. The van der Waals surface area contributed by atoms with Gasteiger partial charge >= 0.3 is 0 Å². The summed E-state index contributed by atoms with van der Waals surface area (Å²) in [5.41, 5.74) is 7.66. The average Bonchev–Trinajstić information content (AvgIpc) is 2.69. The van der Waals surface area contributed by atoms with Gasteiger partial charge in [0.05, 0.1) is 4.47 Å². The average molecular weight is 340 g/mol. The summed E-state index contributed by atoms with van der Waals surface area (Å²) >= 11 is 3.20. The summed E-state index contributed by atoms with van der Waals surface area (Å²) in [5, 5.41) is 0. The second-order valence-corrected chi connectivity index (χ2v) is 6.60. The maximum atomic E-state index is 13.4. The van der Waals surface area contributed by atoms with Gasteiger partial charge in [0.25, 0.3) is 0 Å². The number of nitrogens with two attached hydrogens (primary N) is 1. The standard InChI is InChI=1S/C15H19BrFN3/c1-5-12-19-13(14(18)20(12)15(2,3)4)9-6-7-11(17)10(16)8-9/h6-8H,5,18H2,1-4H3. The van der Waals surface area contributed by atoms with E-state index in [4.69, 9.17) is 5.73 Å². The summed E-state index contributed by atoms with van der Waals surface area (Å²) in [6.07, 6.45) is 0.795. The van der Waals surface area contributed by atoms with Crippen LogP contribution in [0.3, 0.4) is 0 Å². The van der Waals surface area contributed by atoms with Crippen LogP contribution < -0.4 is 5.73 Å². The molecular weight excluding hydrogens is 321 g/mol. The Morgan fingerprint density at radius 2 is 2.00 bits per heavy atom. The molecule has 0 radical (unpaired) electrons. The molecule has 0 unspecified atom stereocenters. The van der Waals surface area contributed by atoms with Crippen LogP contribution in [0.2, 0.25) is 0 Å². The molecule has 0 bridgehead atoms. The van der Waals surface area contributed by atoms with E-state index in [1.165, 1.54) is 6.07 Å². The van der Waals surface area contributed by atoms with Crippen LogP contribution in [0.5, 0.6) is 0 Å². The van der Waals surface area contributed by atoms with Gasteiger partial charge in [-0.3, -0.25) is 0 Å². The van der Waals surface area contributed by atoms with Crippen LogP contribution >= 0.6 is 15.9 Å². The van der Waals surface area contributed by atoms with Crippen LogP contribution in [0.4, 0.5) is 10.2 Å². The van der Waals surface area contributed by atoms with E-state index >= 15 is 0 Å². The molecule has 5 heteroatoms. The fraction of sp³-hybridized carbons (Fsp3) is 0.400. The molecule has 0 atom stereocenters. The molecule has 108 valence electrons. The van der Waals surface area contributed by atoms with Crippen molar-refractivity contribution in [1.29, 1.82) is 0 Å². The van der Waals surface area contributed by atoms with Gasteiger partial charge in [-0.1, -0.05) is 6.92 Å². The van der Waals surface area contributed by atoms with E-state index < -0.39 is 0 Å². The molecule has 20 heavy (non-hydrogen) atoms. The molecule has 2 rings (SSSR count). The molecule has 1 aromatic heterocycles. The van der Waals surface area contributed by atoms with Crippen LogP contribution in [-0.4, -0.2) is 9.55 Å². The summed E-state index contributed by atoms with van der Waals surface area (Å²) in [5.74, 6) is 1.26. The van der Waals surface area contributed by atoms with Crippen molar-refractivity contribution >= 4 is 21.7 Å². The fourth-order valence-electron chi connectivity index (χ4n) is 2.32. The zero-order chi connectivity index (χ0) is 15.1. The molecule has 0 aliphatic heterocycles. The first-order chi connectivity index (χ1) is 9.25. The van der Waals surface area contributed by atoms with E-state index in [0.717, 1.165) is 17.8 Å². The van der Waals surface area contributed by atoms with Crippen molar-refractivity contribution in [3.63, 3.8) is 0 Å². The Labute approximate surface area is 127 Å². The number of hydrogen-bond acceptors (Lipinski definition) is 2. The summed E-state index contributed by atoms with van der Waals surface area (Å²) in [6.45, 7) is 8.33. The molecule has 0 spiro atoms. The zero-order valence-electron chi connectivity index (χ0n) is 12.2. The van der Waals surface area contributed by atoms with E-state index in [9.17, 15) is 4.39 Å². The van der Waals surface area contributed by atoms with Gasteiger partial charge in [0.15, 0.2) is 0 Å². The topological polar surface area (TPSA) is 43.8 Å². The number of imidazole rings is 1. The van der Waals surface area contributed by atoms with E-state index in [1.54, 1.807) is 12.1 Å². The normalized spacial score (nSPS) is 11.9. The third-order valence-corrected chi connectivity index (χ3v) is 3.77. The van der Waals surface area contributed by atoms with Crippen molar-refractivity contribution in [2.24, 2.45) is 0 Å². The predicted molar refractivity (Wildman–Crippen MR) is 84.1 cm³/mol. The van der Waals surface area contributed by atoms with Crippen molar-refractivity contribution < 1.29 is 4.39 Å². The molecule has 2 aromatic rings. The molecule has 0 fully saturated rings. The van der Waals surface area contributed by atoms with Crippen molar-refractivity contribution in [3.05, 3.63) is 34.3 Å². The number of aryl methyl sites for hydroxylation is 1. The molecule has 0 saturated carbocycles. The Morgan fingerprint density at radius 3 is 2.45 bits per heavy atom. The minimum absolute atomic E-state index is 0.141. The van der Waals surface area contributed by atoms with E-state index in [-0.39, 0.29) is 11.4 Å². The van der Waals surface area contributed by atoms with Gasteiger partial charge in [-0.05, 0) is 54.9 Å². The quantitative estimate of drug-likeness (QED) is 0.883. The number of hydrogen-bond donors (Lipinski definition) is 1. The molecule has 3 nitrogen and oxygen atoms in total. The van der Waals surface area contributed by atoms with Crippen LogP contribution in [-0.2, 0) is 12.0 Å². The SMILES string of the molecule is CCc1nc(-c2ccc(F)c(Br)c2)c(N)n1C(C)(C)C. The van der Waals surface area contributed by atoms with Gasteiger partial charge in [-0.15, -0.1) is 0 Å². The molecule has 2 N–H and O–H groups in total. The number of halogens is 2. The van der Waals surface area contributed by atoms with Crippen LogP contribution in [0, 0.1) is 5.82 Å². The Hall–Kier alpha value is -1.36. The van der Waals surface area contributed by atoms with Crippen molar-refractivity contribution in [2.75, 3.05) is 5.73 Å². The molecule has 0 aliphatic rings. The Balaban J connectivity index is 2.64. The fourth-order valence-corrected chi connectivity index (χ4v) is 2.70. The van der Waals surface area contributed by atoms with Crippen molar-refractivity contribution in [3.8, 4) is 11.3 Å². The second-order valence-electron chi connectivity index (χ2n) is 5.75. The third-order valence-electron chi connectivity index (χ3n) is 3.16. The lowest BCUT2D eigenvalue weighted by atomic mass is 10.1. The highest BCUT2D eigenvalue weighted by Crippen LogP contribution is 2.33. The van der Waals surface area contributed by atoms with Crippen LogP contribution in [0.1, 0.15) is 33.5 Å². The van der Waals surface area contributed by atoms with Gasteiger partial charge in [-0.25, -0.2) is 9.37 Å². The van der Waals surface area contributed by atoms with Gasteiger partial charge in [0.2, 0.25) is 0 Å². The molecule has 1 heterocycles. The van der Waals surface area contributed by atoms with Crippen LogP contribution in [0.15, 0.2) is 22.7 Å². The lowest BCUT2D eigenvalue weighted by Gasteiger charge is -2.24. The smallest absolute Gasteiger partial charge is 0.137 e. The van der Waals surface area contributed by atoms with E-state index in [2.05, 4.69) is 41.7 Å². The predicted octanol–water partition coefficient (Wildman–Crippen LogP) is 4.35. The second kappa shape index (κ2) is 5.20. The van der Waals surface area contributed by atoms with Gasteiger partial charge in [0, 0.05) is 17.5 Å². The van der Waals surface area contributed by atoms with Crippen molar-refractivity contribution in [1.82, 2.24) is 9.55 Å². The van der Waals surface area contributed by atoms with E-state index in [0.29, 0.717) is 16.0 Å². The lowest BCUT2D eigenvalue weighted by Crippen LogP contribution is -2.25. The number of nitrogens with zero attached hydrogens (tertiary/aromatic N) is 2. The van der Waals surface area contributed by atoms with Gasteiger partial charge in [0.1, 0.15) is 23.2 Å². The van der Waals surface area contributed by atoms with Crippen LogP contribution in [0.25, 0.3) is 11.3 Å². The number of benzene rings is 1. The van der Waals surface area contributed by atoms with E-state index in [1.807, 2.05) is 11.5 Å². The van der Waals surface area contributed by atoms with Gasteiger partial charge in [-0.2, -0.15) is 0 Å². The molecule has 0 saturated heterocycles. The summed E-state index contributed by atoms with van der Waals surface area (Å²) < 4.78 is 15.8. The Morgan fingerprint density at radius 1 is 1.35 bits per heavy atom. The first-order valence-electron chi connectivity index (χ1n) is 6.58. The largest absolute Gasteiger partial charge is 0.383 e. The number of aromatic nitrogens is 2. The number of anilines is 1. The summed E-state index contributed by atoms with van der Waals surface area (Å²) in [4.78, 5) is 4.63. The number of rotatable bonds is 2. The highest BCUT2D eigenvalue weighted by molar-refractivity contribution is 9.10. The zero-order valence-corrected chi connectivity index (χ0v) is 13.8. The molecule has 1 aromatic carbocycles. The molecule has 0 aliphatic carbocycles. The monoisotopic (exact) mass is 339 g/mol. The minimum atomic E-state index is -0.293. The maximum absolute atomic E-state index is 13.4. The van der Waals surface area contributed by atoms with Gasteiger partial charge < -0.3 is 10.3 Å². The third kappa shape index (κ3) is 2.59. The maximum Gasteiger partial charge on any atom is 0.137 e. The highest BCUT2D eigenvalue weighted by Gasteiger charge is 2.23. The Kier molecular flexibility index (Phi) is 3.91. The Bertz CT molecular complexity index is 641. The highest BCUT2D eigenvalue weighted by atomic mass is 79.9. The molecule has 0 amide bonds. The summed E-state index contributed by atoms with van der Waals surface area (Å²) in [6, 6.07) is 4.83. The lowest BCUT2D eigenvalue weighted by molar-refractivity contribution is 0.389.